The van der Waals surface area contributed by atoms with Crippen LogP contribution >= 0.6 is 0 Å². The molecule has 0 fully saturated rings. The molecule has 1 nitrogen and oxygen atoms in total. The third-order valence-corrected chi connectivity index (χ3v) is 4.13. The van der Waals surface area contributed by atoms with Gasteiger partial charge in [0.15, 0.2) is 0 Å². The Morgan fingerprint density at radius 3 is 2.08 bits per heavy atom. The quantitative estimate of drug-likeness (QED) is 0.413. The van der Waals surface area contributed by atoms with Crippen LogP contribution in [0, 0.1) is 0 Å². The summed E-state index contributed by atoms with van der Waals surface area (Å²) in [6.45, 7) is 1.23. The summed E-state index contributed by atoms with van der Waals surface area (Å²) in [6.07, 6.45) is -8.31. The Balaban J connectivity index is 2.63. The van der Waals surface area contributed by atoms with Gasteiger partial charge in [-0.15, -0.1) is 0 Å². The number of rotatable bonds is 3. The van der Waals surface area contributed by atoms with Crippen LogP contribution in [0.3, 0.4) is 0 Å². The highest BCUT2D eigenvalue weighted by Crippen LogP contribution is 2.57. The summed E-state index contributed by atoms with van der Waals surface area (Å²) in [7, 11) is 0. The van der Waals surface area contributed by atoms with Crippen LogP contribution in [0.2, 0.25) is 0 Å². The molecule has 0 spiro atoms. The van der Waals surface area contributed by atoms with Crippen LogP contribution in [0.5, 0.6) is 0 Å². The van der Waals surface area contributed by atoms with Crippen molar-refractivity contribution in [1.82, 2.24) is 0 Å². The first-order valence-corrected chi connectivity index (χ1v) is 6.95. The van der Waals surface area contributed by atoms with Crippen molar-refractivity contribution in [3.63, 3.8) is 0 Å². The van der Waals surface area contributed by atoms with Gasteiger partial charge in [-0.05, 0) is 6.92 Å². The summed E-state index contributed by atoms with van der Waals surface area (Å²) >= 11 is 0. The van der Waals surface area contributed by atoms with Gasteiger partial charge in [0.2, 0.25) is 17.1 Å². The second kappa shape index (κ2) is 5.60. The first kappa shape index (κ1) is 18.5. The van der Waals surface area contributed by atoms with E-state index in [9.17, 15) is 31.1 Å². The fraction of sp³-hybridized carbons (Fsp3) is 0.438. The topological polar surface area (TPSA) is 17.1 Å². The smallest absolute Gasteiger partial charge is 0.290 e. The number of ketones is 1. The molecule has 2 unspecified atom stereocenters. The molecule has 0 aliphatic heterocycles. The van der Waals surface area contributed by atoms with Gasteiger partial charge in [0.25, 0.3) is 0 Å². The minimum Gasteiger partial charge on any atom is -0.290 e. The van der Waals surface area contributed by atoms with Gasteiger partial charge in [0.1, 0.15) is 0 Å². The van der Waals surface area contributed by atoms with Crippen molar-refractivity contribution in [2.45, 2.75) is 43.2 Å². The minimum atomic E-state index is -6.34. The molecular weight excluding hydrogens is 341 g/mol. The molecule has 1 aromatic rings. The largest absolute Gasteiger partial charge is 0.456 e. The van der Waals surface area contributed by atoms with Crippen molar-refractivity contribution in [2.24, 2.45) is 0 Å². The van der Waals surface area contributed by atoms with Gasteiger partial charge in [-0.25, -0.2) is 8.78 Å². The molecule has 132 valence electrons. The van der Waals surface area contributed by atoms with E-state index in [0.717, 1.165) is 18.2 Å². The molecule has 1 aromatic carbocycles. The van der Waals surface area contributed by atoms with Gasteiger partial charge < -0.3 is 0 Å². The molecule has 0 saturated heterocycles. The van der Waals surface area contributed by atoms with E-state index in [2.05, 4.69) is 0 Å². The van der Waals surface area contributed by atoms with Crippen LogP contribution in [-0.4, -0.2) is 29.2 Å². The number of hydrogen-bond donors (Lipinski definition) is 0. The number of alkyl halides is 7. The Bertz CT molecular complexity index is 665. The summed E-state index contributed by atoms with van der Waals surface area (Å²) in [5, 5.41) is 0. The van der Waals surface area contributed by atoms with E-state index in [1.807, 2.05) is 0 Å². The van der Waals surface area contributed by atoms with Crippen molar-refractivity contribution in [3.8, 4) is 0 Å². The molecule has 0 radical (unpaired) electrons. The van der Waals surface area contributed by atoms with Crippen LogP contribution in [0.25, 0.3) is 0 Å². The monoisotopic (exact) mass is 354 g/mol. The lowest BCUT2D eigenvalue weighted by Crippen LogP contribution is -2.68. The Kier molecular flexibility index (Phi) is 4.31. The number of hydrogen-bond acceptors (Lipinski definition) is 1. The zero-order valence-corrected chi connectivity index (χ0v) is 12.4. The zero-order valence-electron chi connectivity index (χ0n) is 12.4. The predicted octanol–water partition coefficient (Wildman–Crippen LogP) is 5.22. The summed E-state index contributed by atoms with van der Waals surface area (Å²) < 4.78 is 95.7. The number of benzene rings is 1. The van der Waals surface area contributed by atoms with Crippen molar-refractivity contribution >= 4 is 5.78 Å². The van der Waals surface area contributed by atoms with E-state index in [1.54, 1.807) is 0 Å². The molecule has 2 atom stereocenters. The molecule has 8 heteroatoms. The normalized spacial score (nSPS) is 28.4. The van der Waals surface area contributed by atoms with Crippen LogP contribution in [0.4, 0.5) is 30.7 Å². The Morgan fingerprint density at radius 1 is 1.04 bits per heavy atom. The number of allylic oxidation sites excluding steroid dienone is 2. The van der Waals surface area contributed by atoms with Crippen molar-refractivity contribution in [1.29, 1.82) is 0 Å². The minimum absolute atomic E-state index is 0.0213. The first-order valence-electron chi connectivity index (χ1n) is 6.95. The van der Waals surface area contributed by atoms with Gasteiger partial charge in [0.05, 0.1) is 0 Å². The maximum absolute atomic E-state index is 15.2. The SMILES string of the molecule is CC1=CCC(F)(C(F)(F)C(F)(F)F)C(F)(C(=O)c2ccccc2)C1. The van der Waals surface area contributed by atoms with Gasteiger partial charge in [0, 0.05) is 18.4 Å². The molecule has 0 amide bonds. The van der Waals surface area contributed by atoms with E-state index in [-0.39, 0.29) is 5.57 Å². The van der Waals surface area contributed by atoms with Gasteiger partial charge in [-0.1, -0.05) is 42.0 Å². The maximum Gasteiger partial charge on any atom is 0.456 e. The van der Waals surface area contributed by atoms with Gasteiger partial charge in [-0.3, -0.25) is 4.79 Å². The average molecular weight is 354 g/mol. The summed E-state index contributed by atoms with van der Waals surface area (Å²) in [6, 6.07) is 6.03. The van der Waals surface area contributed by atoms with E-state index in [1.165, 1.54) is 25.1 Å². The van der Waals surface area contributed by atoms with E-state index >= 15 is 4.39 Å². The Morgan fingerprint density at radius 2 is 1.58 bits per heavy atom. The number of halogens is 7. The number of carbonyl (C=O) groups excluding carboxylic acids is 1. The lowest BCUT2D eigenvalue weighted by molar-refractivity contribution is -0.342. The highest BCUT2D eigenvalue weighted by molar-refractivity contribution is 6.04. The highest BCUT2D eigenvalue weighted by atomic mass is 19.4. The third kappa shape index (κ3) is 2.52. The molecule has 0 heterocycles. The summed E-state index contributed by atoms with van der Waals surface area (Å²) in [5.41, 5.74) is -9.22. The Labute approximate surface area is 133 Å². The fourth-order valence-electron chi connectivity index (χ4n) is 2.75. The maximum atomic E-state index is 15.2. The van der Waals surface area contributed by atoms with Crippen molar-refractivity contribution in [3.05, 3.63) is 47.5 Å². The standard InChI is InChI=1S/C16H13F7O/c1-10-7-8-14(18,15(19,20)16(21,22)23)13(17,9-10)12(24)11-5-3-2-4-6-11/h2-7H,8-9H2,1H3. The number of carbonyl (C=O) groups is 1. The lowest BCUT2D eigenvalue weighted by Gasteiger charge is -2.45. The molecule has 2 rings (SSSR count). The second-order valence-electron chi connectivity index (χ2n) is 5.80. The zero-order chi connectivity index (χ0) is 18.4. The third-order valence-electron chi connectivity index (χ3n) is 4.13. The van der Waals surface area contributed by atoms with E-state index < -0.39 is 47.6 Å². The fourth-order valence-corrected chi connectivity index (χ4v) is 2.75. The van der Waals surface area contributed by atoms with Crippen LogP contribution < -0.4 is 0 Å². The van der Waals surface area contributed by atoms with Crippen molar-refractivity contribution in [2.75, 3.05) is 0 Å². The summed E-state index contributed by atoms with van der Waals surface area (Å²) in [5.74, 6) is -7.77. The molecule has 0 bridgehead atoms. The molecule has 1 aliphatic rings. The van der Waals surface area contributed by atoms with Crippen molar-refractivity contribution < 1.29 is 35.5 Å². The Hall–Kier alpha value is -1.86. The van der Waals surface area contributed by atoms with Gasteiger partial charge >= 0.3 is 12.1 Å². The van der Waals surface area contributed by atoms with E-state index in [0.29, 0.717) is 0 Å². The molecule has 0 aromatic heterocycles. The van der Waals surface area contributed by atoms with Crippen LogP contribution in [-0.2, 0) is 0 Å². The molecule has 1 aliphatic carbocycles. The van der Waals surface area contributed by atoms with Crippen LogP contribution in [0.15, 0.2) is 42.0 Å². The van der Waals surface area contributed by atoms with Crippen LogP contribution in [0.1, 0.15) is 30.1 Å². The summed E-state index contributed by atoms with van der Waals surface area (Å²) in [4.78, 5) is 12.3. The average Bonchev–Trinajstić information content (AvgIpc) is 2.50. The molecule has 24 heavy (non-hydrogen) atoms. The molecule has 0 saturated carbocycles. The van der Waals surface area contributed by atoms with Gasteiger partial charge in [-0.2, -0.15) is 22.0 Å². The molecular formula is C16H13F7O. The highest BCUT2D eigenvalue weighted by Gasteiger charge is 2.80. The molecule has 0 N–H and O–H groups in total. The van der Waals surface area contributed by atoms with E-state index in [4.69, 9.17) is 0 Å². The first-order chi connectivity index (χ1) is 10.9. The second-order valence-corrected chi connectivity index (χ2v) is 5.80. The number of Topliss-reactive ketones (excluding diaryl/α,β-unsaturated/α-hetero) is 1. The lowest BCUT2D eigenvalue weighted by atomic mass is 9.68. The predicted molar refractivity (Wildman–Crippen MR) is 72.4 cm³/mol.